The molecule has 0 aliphatic carbocycles. The molecular weight excluding hydrogens is 502 g/mol. The summed E-state index contributed by atoms with van der Waals surface area (Å²) in [5, 5.41) is 2.78. The van der Waals surface area contributed by atoms with Crippen LogP contribution in [0.25, 0.3) is 0 Å². The highest BCUT2D eigenvalue weighted by atomic mass is 32.2. The lowest BCUT2D eigenvalue weighted by Crippen LogP contribution is -2.50. The third-order valence-electron chi connectivity index (χ3n) is 7.23. The highest BCUT2D eigenvalue weighted by Gasteiger charge is 2.33. The zero-order valence-corrected chi connectivity index (χ0v) is 22.1. The molecule has 3 aromatic rings. The quantitative estimate of drug-likeness (QED) is 0.500. The topological polar surface area (TPSA) is 96.0 Å². The first-order valence-electron chi connectivity index (χ1n) is 12.7. The number of anilines is 2. The molecule has 0 spiro atoms. The van der Waals surface area contributed by atoms with Gasteiger partial charge in [0.15, 0.2) is 9.84 Å². The maximum atomic E-state index is 13.8. The van der Waals surface area contributed by atoms with Crippen molar-refractivity contribution >= 4 is 33.0 Å². The number of piperazine rings is 1. The number of aryl methyl sites for hydroxylation is 1. The van der Waals surface area contributed by atoms with E-state index in [-0.39, 0.29) is 22.5 Å². The zero-order valence-electron chi connectivity index (χ0n) is 21.3. The lowest BCUT2D eigenvalue weighted by molar-refractivity contribution is -0.132. The first-order valence-corrected chi connectivity index (χ1v) is 14.4. The molecule has 5 rings (SSSR count). The second-order valence-electron chi connectivity index (χ2n) is 9.63. The minimum absolute atomic E-state index is 0.0747. The molecule has 0 saturated carbocycles. The van der Waals surface area contributed by atoms with Gasteiger partial charge in [-0.25, -0.2) is 8.42 Å². The number of hydrogen-bond acceptors (Lipinski definition) is 6. The fourth-order valence-corrected chi connectivity index (χ4v) is 6.64. The summed E-state index contributed by atoms with van der Waals surface area (Å²) in [5.74, 6) is -0.623. The van der Waals surface area contributed by atoms with E-state index >= 15 is 0 Å². The van der Waals surface area contributed by atoms with Crippen LogP contribution in [-0.4, -0.2) is 64.2 Å². The highest BCUT2D eigenvalue weighted by Crippen LogP contribution is 2.30. The molecular formula is C29H31N3O5S. The zero-order chi connectivity index (χ0) is 26.7. The van der Waals surface area contributed by atoms with E-state index < -0.39 is 15.8 Å². The number of carbonyl (C=O) groups excluding carboxylic acids is 2. The molecule has 198 valence electrons. The van der Waals surface area contributed by atoms with E-state index in [1.165, 1.54) is 6.07 Å². The standard InChI is InChI=1S/C29H31N3O5S/c1-37-24-9-5-8-23(19-24)31-14-16-32(17-15-31)29(34)26(21-6-3-2-4-7-21)20-38(35,36)25-11-12-27-22(18-25)10-13-28(33)30-27/h2-9,11-12,18-19,26H,10,13-17,20H2,1H3,(H,30,33). The molecule has 0 bridgehead atoms. The second kappa shape index (κ2) is 10.9. The maximum Gasteiger partial charge on any atom is 0.231 e. The molecule has 1 atom stereocenters. The average molecular weight is 534 g/mol. The van der Waals surface area contributed by atoms with Gasteiger partial charge in [-0.3, -0.25) is 9.59 Å². The molecule has 0 aromatic heterocycles. The van der Waals surface area contributed by atoms with Crippen molar-refractivity contribution < 1.29 is 22.7 Å². The Bertz CT molecular complexity index is 1430. The van der Waals surface area contributed by atoms with Crippen molar-refractivity contribution in [2.45, 2.75) is 23.7 Å². The van der Waals surface area contributed by atoms with Crippen LogP contribution in [0.4, 0.5) is 11.4 Å². The molecule has 2 aliphatic heterocycles. The van der Waals surface area contributed by atoms with Gasteiger partial charge in [0.2, 0.25) is 11.8 Å². The van der Waals surface area contributed by atoms with Crippen molar-refractivity contribution in [3.8, 4) is 5.75 Å². The van der Waals surface area contributed by atoms with Gasteiger partial charge in [-0.05, 0) is 47.9 Å². The van der Waals surface area contributed by atoms with Gasteiger partial charge in [-0.1, -0.05) is 36.4 Å². The summed E-state index contributed by atoms with van der Waals surface area (Å²) in [6.45, 7) is 2.28. The summed E-state index contributed by atoms with van der Waals surface area (Å²) in [6, 6.07) is 21.7. The van der Waals surface area contributed by atoms with E-state index in [9.17, 15) is 18.0 Å². The summed E-state index contributed by atoms with van der Waals surface area (Å²) in [5.41, 5.74) is 3.15. The number of methoxy groups -OCH3 is 1. The second-order valence-corrected chi connectivity index (χ2v) is 11.7. The van der Waals surface area contributed by atoms with Crippen LogP contribution in [0.3, 0.4) is 0 Å². The number of fused-ring (bicyclic) bond motifs is 1. The number of nitrogens with zero attached hydrogens (tertiary/aromatic N) is 2. The Morgan fingerprint density at radius 2 is 1.71 bits per heavy atom. The molecule has 2 amide bonds. The molecule has 1 saturated heterocycles. The van der Waals surface area contributed by atoms with Gasteiger partial charge < -0.3 is 19.9 Å². The van der Waals surface area contributed by atoms with Gasteiger partial charge in [0, 0.05) is 50.0 Å². The number of sulfone groups is 1. The fourth-order valence-electron chi connectivity index (χ4n) is 5.08. The number of hydrogen-bond donors (Lipinski definition) is 1. The van der Waals surface area contributed by atoms with Crippen LogP contribution in [0, 0.1) is 0 Å². The number of rotatable bonds is 7. The lowest BCUT2D eigenvalue weighted by atomic mass is 9.99. The van der Waals surface area contributed by atoms with E-state index in [4.69, 9.17) is 4.74 Å². The smallest absolute Gasteiger partial charge is 0.231 e. The van der Waals surface area contributed by atoms with Crippen LogP contribution in [0.5, 0.6) is 5.75 Å². The molecule has 9 heteroatoms. The molecule has 1 fully saturated rings. The van der Waals surface area contributed by atoms with Crippen LogP contribution in [0.15, 0.2) is 77.7 Å². The van der Waals surface area contributed by atoms with E-state index in [1.54, 1.807) is 24.1 Å². The van der Waals surface area contributed by atoms with Gasteiger partial charge in [0.25, 0.3) is 0 Å². The Kier molecular flexibility index (Phi) is 7.37. The molecule has 3 aromatic carbocycles. The van der Waals surface area contributed by atoms with Crippen molar-refractivity contribution in [1.29, 1.82) is 0 Å². The van der Waals surface area contributed by atoms with Gasteiger partial charge >= 0.3 is 0 Å². The Morgan fingerprint density at radius 1 is 0.947 bits per heavy atom. The predicted molar refractivity (Wildman–Crippen MR) is 146 cm³/mol. The van der Waals surface area contributed by atoms with E-state index in [1.807, 2.05) is 54.6 Å². The predicted octanol–water partition coefficient (Wildman–Crippen LogP) is 3.49. The van der Waals surface area contributed by atoms with Crippen molar-refractivity contribution in [2.24, 2.45) is 0 Å². The summed E-state index contributed by atoms with van der Waals surface area (Å²) in [7, 11) is -2.15. The number of carbonyl (C=O) groups is 2. The number of nitrogens with one attached hydrogen (secondary N) is 1. The number of benzene rings is 3. The highest BCUT2D eigenvalue weighted by molar-refractivity contribution is 7.91. The van der Waals surface area contributed by atoms with Crippen molar-refractivity contribution in [1.82, 2.24) is 4.90 Å². The number of amides is 2. The number of ether oxygens (including phenoxy) is 1. The van der Waals surface area contributed by atoms with Gasteiger partial charge in [0.1, 0.15) is 5.75 Å². The minimum atomic E-state index is -3.78. The maximum absolute atomic E-state index is 13.8. The summed E-state index contributed by atoms with van der Waals surface area (Å²) < 4.78 is 32.5. The Labute approximate surface area is 223 Å². The van der Waals surface area contributed by atoms with Gasteiger partial charge in [-0.15, -0.1) is 0 Å². The van der Waals surface area contributed by atoms with Crippen molar-refractivity contribution in [3.63, 3.8) is 0 Å². The largest absolute Gasteiger partial charge is 0.497 e. The molecule has 1 unspecified atom stereocenters. The first kappa shape index (κ1) is 25.8. The normalized spacial score (nSPS) is 16.4. The van der Waals surface area contributed by atoms with Crippen molar-refractivity contribution in [3.05, 3.63) is 83.9 Å². The molecule has 2 heterocycles. The van der Waals surface area contributed by atoms with E-state index in [0.29, 0.717) is 50.3 Å². The monoisotopic (exact) mass is 533 g/mol. The molecule has 8 nitrogen and oxygen atoms in total. The van der Waals surface area contributed by atoms with E-state index in [2.05, 4.69) is 10.2 Å². The SMILES string of the molecule is COc1cccc(N2CCN(C(=O)C(CS(=O)(=O)c3ccc4c(c3)CCC(=O)N4)c3ccccc3)CC2)c1. The average Bonchev–Trinajstić information content (AvgIpc) is 2.96. The van der Waals surface area contributed by atoms with Gasteiger partial charge in [-0.2, -0.15) is 0 Å². The third kappa shape index (κ3) is 5.52. The lowest BCUT2D eigenvalue weighted by Gasteiger charge is -2.37. The van der Waals surface area contributed by atoms with Crippen LogP contribution in [0.1, 0.15) is 23.5 Å². The molecule has 1 N–H and O–H groups in total. The Hall–Kier alpha value is -3.85. The fraction of sp³-hybridized carbons (Fsp3) is 0.310. The van der Waals surface area contributed by atoms with Crippen LogP contribution >= 0.6 is 0 Å². The molecule has 2 aliphatic rings. The minimum Gasteiger partial charge on any atom is -0.497 e. The van der Waals surface area contributed by atoms with Crippen molar-refractivity contribution in [2.75, 3.05) is 49.3 Å². The third-order valence-corrected chi connectivity index (χ3v) is 8.97. The Balaban J connectivity index is 1.34. The summed E-state index contributed by atoms with van der Waals surface area (Å²) in [6.07, 6.45) is 0.812. The summed E-state index contributed by atoms with van der Waals surface area (Å²) in [4.78, 5) is 29.6. The van der Waals surface area contributed by atoms with Gasteiger partial charge in [0.05, 0.1) is 23.7 Å². The molecule has 0 radical (unpaired) electrons. The first-order chi connectivity index (χ1) is 18.3. The Morgan fingerprint density at radius 3 is 2.45 bits per heavy atom. The summed E-state index contributed by atoms with van der Waals surface area (Å²) >= 11 is 0. The van der Waals surface area contributed by atoms with Crippen LogP contribution in [-0.2, 0) is 25.8 Å². The van der Waals surface area contributed by atoms with Crippen LogP contribution < -0.4 is 15.0 Å². The van der Waals surface area contributed by atoms with E-state index in [0.717, 1.165) is 17.0 Å². The molecule has 38 heavy (non-hydrogen) atoms. The van der Waals surface area contributed by atoms with Crippen LogP contribution in [0.2, 0.25) is 0 Å².